The van der Waals surface area contributed by atoms with E-state index in [-0.39, 0.29) is 0 Å². The van der Waals surface area contributed by atoms with Crippen molar-refractivity contribution in [2.45, 2.75) is 62.9 Å². The van der Waals surface area contributed by atoms with Gasteiger partial charge in [0.05, 0.1) is 0 Å². The summed E-state index contributed by atoms with van der Waals surface area (Å²) in [5.74, 6) is 1.08. The summed E-state index contributed by atoms with van der Waals surface area (Å²) >= 11 is 6.87. The molecule has 1 saturated heterocycles. The van der Waals surface area contributed by atoms with E-state index in [0.717, 1.165) is 16.3 Å². The van der Waals surface area contributed by atoms with Crippen LogP contribution in [0.3, 0.4) is 0 Å². The van der Waals surface area contributed by atoms with E-state index >= 15 is 0 Å². The lowest BCUT2D eigenvalue weighted by Crippen LogP contribution is -2.46. The third kappa shape index (κ3) is 4.08. The Morgan fingerprint density at radius 2 is 1.61 bits per heavy atom. The van der Waals surface area contributed by atoms with Crippen LogP contribution >= 0.6 is 24.4 Å². The van der Waals surface area contributed by atoms with Crippen molar-refractivity contribution in [2.75, 3.05) is 25.4 Å². The normalized spacial score (nSPS) is 34.2. The Balaban J connectivity index is 1.95. The molecule has 1 aliphatic carbocycles. The van der Waals surface area contributed by atoms with Crippen LogP contribution in [-0.2, 0) is 0 Å². The van der Waals surface area contributed by atoms with Crippen molar-refractivity contribution in [3.63, 3.8) is 0 Å². The summed E-state index contributed by atoms with van der Waals surface area (Å²) in [6, 6.07) is 0. The highest BCUT2D eigenvalue weighted by Gasteiger charge is 2.33. The molecule has 1 aliphatic heterocycles. The molecule has 2 aliphatic rings. The van der Waals surface area contributed by atoms with E-state index in [2.05, 4.69) is 30.5 Å². The predicted octanol–water partition coefficient (Wildman–Crippen LogP) is 4.08. The standard InChI is InChI=1S/C15H29NS2/c1-13-9-16(10-14(2)18-13)11-15(12-17)7-5-3-4-6-8-15/h13-14,17H,3-12H2,1-2H3. The van der Waals surface area contributed by atoms with Crippen LogP contribution in [0.1, 0.15) is 52.4 Å². The van der Waals surface area contributed by atoms with Crippen molar-refractivity contribution in [3.8, 4) is 0 Å². The van der Waals surface area contributed by atoms with E-state index in [0.29, 0.717) is 5.41 Å². The lowest BCUT2D eigenvalue weighted by Gasteiger charge is -2.41. The lowest BCUT2D eigenvalue weighted by molar-refractivity contribution is 0.149. The quantitative estimate of drug-likeness (QED) is 0.615. The first-order chi connectivity index (χ1) is 8.63. The smallest absolute Gasteiger partial charge is 0.0149 e. The van der Waals surface area contributed by atoms with Crippen molar-refractivity contribution in [1.29, 1.82) is 0 Å². The minimum absolute atomic E-state index is 0.515. The Hall–Kier alpha value is 0.660. The Morgan fingerprint density at radius 3 is 2.11 bits per heavy atom. The zero-order valence-corrected chi connectivity index (χ0v) is 13.7. The molecule has 0 spiro atoms. The molecule has 0 N–H and O–H groups in total. The molecule has 2 fully saturated rings. The number of nitrogens with zero attached hydrogens (tertiary/aromatic N) is 1. The molecular weight excluding hydrogens is 258 g/mol. The first-order valence-electron chi connectivity index (χ1n) is 7.62. The Morgan fingerprint density at radius 1 is 1.06 bits per heavy atom. The summed E-state index contributed by atoms with van der Waals surface area (Å²) in [5, 5.41) is 1.60. The van der Waals surface area contributed by atoms with Gasteiger partial charge in [-0.05, 0) is 24.0 Å². The Labute approximate surface area is 123 Å². The second-order valence-corrected chi connectivity index (χ2v) is 8.72. The maximum atomic E-state index is 4.71. The second-order valence-electron chi connectivity index (χ2n) is 6.52. The van der Waals surface area contributed by atoms with Gasteiger partial charge in [0.2, 0.25) is 0 Å². The SMILES string of the molecule is CC1CN(CC2(CS)CCCCCC2)CC(C)S1. The molecule has 2 rings (SSSR count). The van der Waals surface area contributed by atoms with Crippen LogP contribution in [0.4, 0.5) is 0 Å². The zero-order chi connectivity index (χ0) is 13.0. The van der Waals surface area contributed by atoms with Crippen LogP contribution in [0.5, 0.6) is 0 Å². The predicted molar refractivity (Wildman–Crippen MR) is 86.9 cm³/mol. The van der Waals surface area contributed by atoms with Gasteiger partial charge in [-0.25, -0.2) is 0 Å². The van der Waals surface area contributed by atoms with E-state index in [1.807, 2.05) is 0 Å². The van der Waals surface area contributed by atoms with Crippen molar-refractivity contribution >= 4 is 24.4 Å². The van der Waals surface area contributed by atoms with Crippen molar-refractivity contribution in [1.82, 2.24) is 4.90 Å². The summed E-state index contributed by atoms with van der Waals surface area (Å²) in [4.78, 5) is 2.73. The van der Waals surface area contributed by atoms with Crippen LogP contribution in [0.2, 0.25) is 0 Å². The summed E-state index contributed by atoms with van der Waals surface area (Å²) in [6.45, 7) is 8.63. The molecule has 0 amide bonds. The van der Waals surface area contributed by atoms with E-state index in [9.17, 15) is 0 Å². The number of hydrogen-bond donors (Lipinski definition) is 1. The lowest BCUT2D eigenvalue weighted by atomic mass is 9.81. The summed E-state index contributed by atoms with van der Waals surface area (Å²) in [6.07, 6.45) is 8.55. The molecule has 106 valence electrons. The van der Waals surface area contributed by atoms with Crippen molar-refractivity contribution in [2.24, 2.45) is 5.41 Å². The van der Waals surface area contributed by atoms with Crippen LogP contribution in [-0.4, -0.2) is 40.8 Å². The first-order valence-corrected chi connectivity index (χ1v) is 9.20. The largest absolute Gasteiger partial charge is 0.301 e. The fourth-order valence-electron chi connectivity index (χ4n) is 3.73. The van der Waals surface area contributed by atoms with Gasteiger partial charge in [0.15, 0.2) is 0 Å². The topological polar surface area (TPSA) is 3.24 Å². The minimum Gasteiger partial charge on any atom is -0.301 e. The molecule has 2 unspecified atom stereocenters. The van der Waals surface area contributed by atoms with Gasteiger partial charge in [-0.15, -0.1) is 0 Å². The average molecular weight is 288 g/mol. The second kappa shape index (κ2) is 6.90. The maximum absolute atomic E-state index is 4.71. The minimum atomic E-state index is 0.515. The highest BCUT2D eigenvalue weighted by atomic mass is 32.2. The average Bonchev–Trinajstić information content (AvgIpc) is 2.54. The van der Waals surface area contributed by atoms with Gasteiger partial charge < -0.3 is 4.90 Å². The van der Waals surface area contributed by atoms with E-state index in [1.54, 1.807) is 0 Å². The molecule has 0 aromatic heterocycles. The van der Waals surface area contributed by atoms with Gasteiger partial charge in [0.25, 0.3) is 0 Å². The summed E-state index contributed by atoms with van der Waals surface area (Å²) < 4.78 is 0. The Bertz CT molecular complexity index is 239. The summed E-state index contributed by atoms with van der Waals surface area (Å²) in [7, 11) is 0. The van der Waals surface area contributed by atoms with Crippen molar-refractivity contribution in [3.05, 3.63) is 0 Å². The van der Waals surface area contributed by atoms with Gasteiger partial charge in [-0.2, -0.15) is 24.4 Å². The number of rotatable bonds is 3. The zero-order valence-electron chi connectivity index (χ0n) is 12.0. The van der Waals surface area contributed by atoms with E-state index < -0.39 is 0 Å². The fourth-order valence-corrected chi connectivity index (χ4v) is 5.54. The molecule has 18 heavy (non-hydrogen) atoms. The van der Waals surface area contributed by atoms with Crippen LogP contribution in [0, 0.1) is 5.41 Å². The Kier molecular flexibility index (Phi) is 5.77. The molecule has 1 heterocycles. The molecule has 1 nitrogen and oxygen atoms in total. The molecule has 0 aromatic carbocycles. The van der Waals surface area contributed by atoms with Gasteiger partial charge in [-0.3, -0.25) is 0 Å². The van der Waals surface area contributed by atoms with Gasteiger partial charge >= 0.3 is 0 Å². The van der Waals surface area contributed by atoms with Crippen LogP contribution in [0.25, 0.3) is 0 Å². The highest BCUT2D eigenvalue weighted by molar-refractivity contribution is 8.00. The molecular formula is C15H29NS2. The number of thioether (sulfide) groups is 1. The molecule has 3 heteroatoms. The summed E-state index contributed by atoms with van der Waals surface area (Å²) in [5.41, 5.74) is 0.515. The third-order valence-electron chi connectivity index (χ3n) is 4.55. The monoisotopic (exact) mass is 287 g/mol. The number of hydrogen-bond acceptors (Lipinski definition) is 3. The van der Waals surface area contributed by atoms with Gasteiger partial charge in [-0.1, -0.05) is 39.5 Å². The third-order valence-corrected chi connectivity index (χ3v) is 6.45. The molecule has 0 radical (unpaired) electrons. The van der Waals surface area contributed by atoms with Gasteiger partial charge in [0, 0.05) is 30.1 Å². The van der Waals surface area contributed by atoms with Crippen LogP contribution < -0.4 is 0 Å². The first kappa shape index (κ1) is 15.1. The highest BCUT2D eigenvalue weighted by Crippen LogP contribution is 2.38. The van der Waals surface area contributed by atoms with E-state index in [1.165, 1.54) is 58.2 Å². The van der Waals surface area contributed by atoms with Crippen LogP contribution in [0.15, 0.2) is 0 Å². The van der Waals surface area contributed by atoms with Crippen molar-refractivity contribution < 1.29 is 0 Å². The fraction of sp³-hybridized carbons (Fsp3) is 1.00. The number of thiol groups is 1. The molecule has 1 saturated carbocycles. The maximum Gasteiger partial charge on any atom is 0.0149 e. The van der Waals surface area contributed by atoms with E-state index in [4.69, 9.17) is 12.6 Å². The molecule has 0 bridgehead atoms. The molecule has 0 aromatic rings. The molecule has 2 atom stereocenters. The van der Waals surface area contributed by atoms with Gasteiger partial charge in [0.1, 0.15) is 0 Å².